The molecule has 1 N–H and O–H groups in total. The van der Waals surface area contributed by atoms with Crippen LogP contribution in [0.2, 0.25) is 0 Å². The van der Waals surface area contributed by atoms with Gasteiger partial charge in [-0.3, -0.25) is 4.79 Å². The van der Waals surface area contributed by atoms with E-state index in [1.54, 1.807) is 0 Å². The van der Waals surface area contributed by atoms with Gasteiger partial charge in [-0.1, -0.05) is 33.1 Å². The monoisotopic (exact) mass is 333 g/mol. The Labute approximate surface area is 145 Å². The second kappa shape index (κ2) is 9.07. The van der Waals surface area contributed by atoms with Gasteiger partial charge in [-0.05, 0) is 56.9 Å². The van der Waals surface area contributed by atoms with E-state index in [9.17, 15) is 4.79 Å². The maximum atomic E-state index is 12.8. The van der Waals surface area contributed by atoms with E-state index in [-0.39, 0.29) is 12.0 Å². The van der Waals surface area contributed by atoms with E-state index in [4.69, 9.17) is 9.47 Å². The molecule has 0 spiro atoms. The predicted molar refractivity (Wildman–Crippen MR) is 97.5 cm³/mol. The molecule has 1 saturated carbocycles. The molecule has 1 atom stereocenters. The quantitative estimate of drug-likeness (QED) is 0.733. The molecule has 1 aromatic rings. The first-order chi connectivity index (χ1) is 11.6. The van der Waals surface area contributed by atoms with Gasteiger partial charge in [-0.25, -0.2) is 0 Å². The Kier molecular flexibility index (Phi) is 7.10. The molecular formula is C20H31NO3. The number of nitrogens with one attached hydrogen (secondary N) is 1. The molecule has 0 saturated heterocycles. The van der Waals surface area contributed by atoms with E-state index < -0.39 is 5.60 Å². The van der Waals surface area contributed by atoms with Crippen molar-refractivity contribution in [2.75, 3.05) is 11.9 Å². The molecule has 0 aromatic heterocycles. The lowest BCUT2D eigenvalue weighted by Crippen LogP contribution is -2.47. The van der Waals surface area contributed by atoms with Crippen LogP contribution in [0.5, 0.6) is 5.75 Å². The lowest BCUT2D eigenvalue weighted by Gasteiger charge is -2.35. The Hall–Kier alpha value is -1.55. The minimum atomic E-state index is -0.653. The van der Waals surface area contributed by atoms with Crippen molar-refractivity contribution in [3.05, 3.63) is 24.3 Å². The lowest BCUT2D eigenvalue weighted by molar-refractivity contribution is -0.146. The van der Waals surface area contributed by atoms with Gasteiger partial charge in [0.25, 0.3) is 5.91 Å². The van der Waals surface area contributed by atoms with Crippen molar-refractivity contribution in [1.29, 1.82) is 0 Å². The van der Waals surface area contributed by atoms with Crippen LogP contribution in [-0.2, 0) is 9.53 Å². The fraction of sp³-hybridized carbons (Fsp3) is 0.650. The van der Waals surface area contributed by atoms with Gasteiger partial charge in [0.1, 0.15) is 11.4 Å². The maximum absolute atomic E-state index is 12.8. The number of carbonyl (C=O) groups is 1. The molecule has 0 radical (unpaired) electrons. The van der Waals surface area contributed by atoms with Crippen LogP contribution in [0.15, 0.2) is 24.3 Å². The summed E-state index contributed by atoms with van der Waals surface area (Å²) >= 11 is 0. The summed E-state index contributed by atoms with van der Waals surface area (Å²) in [5.41, 5.74) is 0.140. The number of amides is 1. The van der Waals surface area contributed by atoms with Crippen LogP contribution in [-0.4, -0.2) is 24.2 Å². The number of hydrogen-bond acceptors (Lipinski definition) is 3. The smallest absolute Gasteiger partial charge is 0.256 e. The molecule has 1 fully saturated rings. The molecule has 1 aromatic carbocycles. The third-order valence-corrected chi connectivity index (χ3v) is 4.68. The van der Waals surface area contributed by atoms with Crippen LogP contribution < -0.4 is 10.1 Å². The summed E-state index contributed by atoms with van der Waals surface area (Å²) < 4.78 is 11.8. The van der Waals surface area contributed by atoms with Crippen molar-refractivity contribution < 1.29 is 14.3 Å². The second-order valence-electron chi connectivity index (χ2n) is 6.72. The summed E-state index contributed by atoms with van der Waals surface area (Å²) in [6.07, 6.45) is 7.01. The maximum Gasteiger partial charge on any atom is 0.256 e. The largest absolute Gasteiger partial charge is 0.491 e. The van der Waals surface area contributed by atoms with Gasteiger partial charge in [0.05, 0.1) is 6.10 Å². The van der Waals surface area contributed by atoms with Gasteiger partial charge in [0.2, 0.25) is 0 Å². The molecule has 2 rings (SSSR count). The number of anilines is 1. The van der Waals surface area contributed by atoms with Crippen molar-refractivity contribution in [2.45, 2.75) is 77.4 Å². The second-order valence-corrected chi connectivity index (χ2v) is 6.72. The molecule has 1 aliphatic rings. The summed E-state index contributed by atoms with van der Waals surface area (Å²) in [7, 11) is 0. The highest BCUT2D eigenvalue weighted by Gasteiger charge is 2.40. The zero-order valence-corrected chi connectivity index (χ0v) is 15.3. The Morgan fingerprint density at radius 3 is 2.42 bits per heavy atom. The van der Waals surface area contributed by atoms with Crippen LogP contribution in [0.3, 0.4) is 0 Å². The minimum Gasteiger partial charge on any atom is -0.491 e. The summed E-state index contributed by atoms with van der Waals surface area (Å²) in [6, 6.07) is 7.60. The molecular weight excluding hydrogens is 302 g/mol. The van der Waals surface area contributed by atoms with Crippen LogP contribution in [0.25, 0.3) is 0 Å². The fourth-order valence-corrected chi connectivity index (χ4v) is 3.03. The van der Waals surface area contributed by atoms with Crippen molar-refractivity contribution in [3.63, 3.8) is 0 Å². The molecule has 0 aliphatic heterocycles. The molecule has 0 bridgehead atoms. The lowest BCUT2D eigenvalue weighted by atomic mass is 9.83. The topological polar surface area (TPSA) is 47.6 Å². The van der Waals surface area contributed by atoms with Gasteiger partial charge in [-0.15, -0.1) is 0 Å². The zero-order valence-electron chi connectivity index (χ0n) is 15.3. The summed E-state index contributed by atoms with van der Waals surface area (Å²) in [5, 5.41) is 3.04. The highest BCUT2D eigenvalue weighted by atomic mass is 16.5. The van der Waals surface area contributed by atoms with Gasteiger partial charge in [0, 0.05) is 12.3 Å². The van der Waals surface area contributed by atoms with Crippen LogP contribution in [0.4, 0.5) is 5.69 Å². The molecule has 1 aliphatic carbocycles. The highest BCUT2D eigenvalue weighted by Crippen LogP contribution is 2.33. The number of hydrogen-bond donors (Lipinski definition) is 1. The third-order valence-electron chi connectivity index (χ3n) is 4.68. The van der Waals surface area contributed by atoms with E-state index >= 15 is 0 Å². The van der Waals surface area contributed by atoms with Gasteiger partial charge >= 0.3 is 0 Å². The fourth-order valence-electron chi connectivity index (χ4n) is 3.03. The predicted octanol–water partition coefficient (Wildman–Crippen LogP) is 4.93. The first-order valence-electron chi connectivity index (χ1n) is 9.32. The van der Waals surface area contributed by atoms with Crippen LogP contribution in [0, 0.1) is 0 Å². The van der Waals surface area contributed by atoms with E-state index in [1.807, 2.05) is 31.2 Å². The highest BCUT2D eigenvalue weighted by molar-refractivity contribution is 5.97. The first kappa shape index (κ1) is 18.8. The molecule has 24 heavy (non-hydrogen) atoms. The van der Waals surface area contributed by atoms with Gasteiger partial charge in [0.15, 0.2) is 0 Å². The zero-order chi connectivity index (χ0) is 17.4. The van der Waals surface area contributed by atoms with E-state index in [1.165, 1.54) is 6.42 Å². The van der Waals surface area contributed by atoms with Crippen LogP contribution in [0.1, 0.15) is 65.7 Å². The molecule has 1 amide bonds. The Morgan fingerprint density at radius 1 is 1.17 bits per heavy atom. The summed E-state index contributed by atoms with van der Waals surface area (Å²) in [5.74, 6) is 0.822. The van der Waals surface area contributed by atoms with Crippen molar-refractivity contribution in [2.24, 2.45) is 0 Å². The van der Waals surface area contributed by atoms with E-state index in [0.29, 0.717) is 6.61 Å². The summed E-state index contributed by atoms with van der Waals surface area (Å²) in [6.45, 7) is 6.85. The first-order valence-corrected chi connectivity index (χ1v) is 9.32. The average molecular weight is 333 g/mol. The molecule has 0 heterocycles. The van der Waals surface area contributed by atoms with Gasteiger partial charge in [-0.2, -0.15) is 0 Å². The Balaban J connectivity index is 2.00. The van der Waals surface area contributed by atoms with Gasteiger partial charge < -0.3 is 14.8 Å². The Bertz CT molecular complexity index is 506. The normalized spacial score (nSPS) is 18.0. The molecule has 134 valence electrons. The standard InChI is InChI=1S/C20H31NO3/c1-4-15-23-20(13-7-6-8-14-20)19(22)21-17-9-11-18(12-10-17)24-16(3)5-2/h9-12,16H,4-8,13-15H2,1-3H3,(H,21,22). The minimum absolute atomic E-state index is 0.00811. The van der Waals surface area contributed by atoms with E-state index in [0.717, 1.165) is 50.0 Å². The third kappa shape index (κ3) is 4.97. The number of carbonyl (C=O) groups excluding carboxylic acids is 1. The average Bonchev–Trinajstić information content (AvgIpc) is 2.62. The molecule has 4 heteroatoms. The van der Waals surface area contributed by atoms with Crippen molar-refractivity contribution in [3.8, 4) is 5.75 Å². The number of ether oxygens (including phenoxy) is 2. The molecule has 1 unspecified atom stereocenters. The Morgan fingerprint density at radius 2 is 1.83 bits per heavy atom. The number of benzene rings is 1. The summed E-state index contributed by atoms with van der Waals surface area (Å²) in [4.78, 5) is 12.8. The number of rotatable bonds is 8. The SMILES string of the molecule is CCCOC1(C(=O)Nc2ccc(OC(C)CC)cc2)CCCCC1. The van der Waals surface area contributed by atoms with Crippen LogP contribution >= 0.6 is 0 Å². The molecule has 4 nitrogen and oxygen atoms in total. The van der Waals surface area contributed by atoms with Crippen molar-refractivity contribution in [1.82, 2.24) is 0 Å². The van der Waals surface area contributed by atoms with E-state index in [2.05, 4.69) is 19.2 Å². The van der Waals surface area contributed by atoms with Crippen molar-refractivity contribution >= 4 is 11.6 Å².